The van der Waals surface area contributed by atoms with E-state index in [1.165, 1.54) is 5.38 Å². The van der Waals surface area contributed by atoms with E-state index in [9.17, 15) is 4.79 Å². The zero-order valence-corrected chi connectivity index (χ0v) is 10.5. The number of hydrogen-bond acceptors (Lipinski definition) is 6. The van der Waals surface area contributed by atoms with E-state index in [-0.39, 0.29) is 11.4 Å². The molecule has 0 spiro atoms. The van der Waals surface area contributed by atoms with Crippen molar-refractivity contribution >= 4 is 50.7 Å². The van der Waals surface area contributed by atoms with Gasteiger partial charge in [0, 0.05) is 9.81 Å². The molecule has 0 atom stereocenters. The number of oxime groups is 1. The number of carboxylic acids is 1. The SMILES string of the molecule is Nc1nc(/C(=N/OCCI)C(=O)O)cs1. The molecule has 0 saturated heterocycles. The number of alkyl halides is 1. The van der Waals surface area contributed by atoms with Crippen LogP contribution in [0.25, 0.3) is 0 Å². The van der Waals surface area contributed by atoms with Gasteiger partial charge in [-0.1, -0.05) is 27.7 Å². The number of anilines is 1. The normalized spacial score (nSPS) is 11.4. The molecule has 1 rings (SSSR count). The standard InChI is InChI=1S/C7H8IN3O3S/c8-1-2-14-11-5(6(12)13)4-3-15-7(9)10-4/h3H,1-2H2,(H2,9,10)(H,12,13)/b11-5-. The molecule has 0 saturated carbocycles. The molecule has 0 aliphatic heterocycles. The fraction of sp³-hybridized carbons (Fsp3) is 0.286. The van der Waals surface area contributed by atoms with Crippen molar-refractivity contribution in [3.8, 4) is 0 Å². The molecule has 15 heavy (non-hydrogen) atoms. The number of aliphatic carboxylic acids is 1. The molecule has 0 fully saturated rings. The van der Waals surface area contributed by atoms with Crippen LogP contribution in [0.15, 0.2) is 10.5 Å². The molecule has 0 aliphatic carbocycles. The van der Waals surface area contributed by atoms with E-state index < -0.39 is 5.97 Å². The number of rotatable bonds is 5. The lowest BCUT2D eigenvalue weighted by Crippen LogP contribution is -2.15. The summed E-state index contributed by atoms with van der Waals surface area (Å²) in [6, 6.07) is 0. The van der Waals surface area contributed by atoms with Crippen molar-refractivity contribution in [2.24, 2.45) is 5.16 Å². The summed E-state index contributed by atoms with van der Waals surface area (Å²) in [4.78, 5) is 19.4. The first-order valence-corrected chi connectivity index (χ1v) is 6.26. The molecule has 1 aromatic heterocycles. The number of hydrogen-bond donors (Lipinski definition) is 2. The lowest BCUT2D eigenvalue weighted by atomic mass is 10.3. The summed E-state index contributed by atoms with van der Waals surface area (Å²) >= 11 is 3.25. The van der Waals surface area contributed by atoms with Crippen molar-refractivity contribution < 1.29 is 14.7 Å². The second-order valence-electron chi connectivity index (χ2n) is 2.34. The molecule has 0 aliphatic rings. The van der Waals surface area contributed by atoms with Gasteiger partial charge in [0.05, 0.1) is 0 Å². The lowest BCUT2D eigenvalue weighted by molar-refractivity contribution is -0.129. The molecule has 0 aromatic carbocycles. The van der Waals surface area contributed by atoms with Crippen molar-refractivity contribution in [2.75, 3.05) is 16.8 Å². The summed E-state index contributed by atoms with van der Waals surface area (Å²) in [5, 5.41) is 14.2. The Morgan fingerprint density at radius 1 is 1.80 bits per heavy atom. The maximum Gasteiger partial charge on any atom is 0.360 e. The highest BCUT2D eigenvalue weighted by Crippen LogP contribution is 2.12. The number of aromatic nitrogens is 1. The van der Waals surface area contributed by atoms with Crippen LogP contribution >= 0.6 is 33.9 Å². The molecule has 0 bridgehead atoms. The molecule has 1 aromatic rings. The summed E-state index contributed by atoms with van der Waals surface area (Å²) in [6.45, 7) is 0.358. The second-order valence-corrected chi connectivity index (χ2v) is 4.31. The van der Waals surface area contributed by atoms with Gasteiger partial charge in [-0.3, -0.25) is 0 Å². The molecule has 1 heterocycles. The van der Waals surface area contributed by atoms with Crippen LogP contribution in [0.1, 0.15) is 5.69 Å². The first-order valence-electron chi connectivity index (χ1n) is 3.85. The molecule has 0 radical (unpaired) electrons. The van der Waals surface area contributed by atoms with E-state index in [0.29, 0.717) is 11.7 Å². The van der Waals surface area contributed by atoms with Gasteiger partial charge in [-0.2, -0.15) is 0 Å². The molecule has 8 heteroatoms. The smallest absolute Gasteiger partial charge is 0.360 e. The Bertz CT molecular complexity index is 379. The average Bonchev–Trinajstić information content (AvgIpc) is 2.59. The van der Waals surface area contributed by atoms with Crippen molar-refractivity contribution in [1.29, 1.82) is 0 Å². The van der Waals surface area contributed by atoms with Crippen molar-refractivity contribution in [1.82, 2.24) is 4.98 Å². The van der Waals surface area contributed by atoms with Gasteiger partial charge in [0.15, 0.2) is 5.13 Å². The summed E-state index contributed by atoms with van der Waals surface area (Å²) in [6.07, 6.45) is 0. The third-order valence-electron chi connectivity index (χ3n) is 1.29. The number of nitrogens with two attached hydrogens (primary N) is 1. The van der Waals surface area contributed by atoms with Gasteiger partial charge in [-0.25, -0.2) is 9.78 Å². The summed E-state index contributed by atoms with van der Waals surface area (Å²) < 4.78 is 0.730. The van der Waals surface area contributed by atoms with E-state index in [1.807, 2.05) is 0 Å². The van der Waals surface area contributed by atoms with E-state index in [2.05, 4.69) is 32.7 Å². The van der Waals surface area contributed by atoms with Crippen LogP contribution in [-0.4, -0.2) is 32.8 Å². The Kier molecular flexibility index (Phi) is 4.75. The van der Waals surface area contributed by atoms with Crippen LogP contribution in [0.2, 0.25) is 0 Å². The first-order chi connectivity index (χ1) is 7.15. The summed E-state index contributed by atoms with van der Waals surface area (Å²) in [5.41, 5.74) is 5.38. The van der Waals surface area contributed by atoms with E-state index >= 15 is 0 Å². The number of nitrogen functional groups attached to an aromatic ring is 1. The number of carbonyl (C=O) groups is 1. The predicted octanol–water partition coefficient (Wildman–Crippen LogP) is 0.966. The Morgan fingerprint density at radius 3 is 3.00 bits per heavy atom. The number of carboxylic acid groups (broad SMARTS) is 1. The molecular weight excluding hydrogens is 333 g/mol. The van der Waals surface area contributed by atoms with Gasteiger partial charge in [0.25, 0.3) is 0 Å². The first kappa shape index (κ1) is 12.2. The zero-order chi connectivity index (χ0) is 11.3. The van der Waals surface area contributed by atoms with Gasteiger partial charge in [0.2, 0.25) is 5.71 Å². The Labute approximate surface area is 103 Å². The minimum absolute atomic E-state index is 0.221. The topological polar surface area (TPSA) is 97.8 Å². The summed E-state index contributed by atoms with van der Waals surface area (Å²) in [7, 11) is 0. The minimum atomic E-state index is -1.19. The number of halogens is 1. The van der Waals surface area contributed by atoms with Crippen LogP contribution in [0, 0.1) is 0 Å². The lowest BCUT2D eigenvalue weighted by Gasteiger charge is -1.97. The average molecular weight is 341 g/mol. The highest BCUT2D eigenvalue weighted by molar-refractivity contribution is 14.1. The molecule has 82 valence electrons. The monoisotopic (exact) mass is 341 g/mol. The van der Waals surface area contributed by atoms with E-state index in [0.717, 1.165) is 15.8 Å². The molecule has 3 N–H and O–H groups in total. The fourth-order valence-corrected chi connectivity index (χ4v) is 1.48. The zero-order valence-electron chi connectivity index (χ0n) is 7.51. The predicted molar refractivity (Wildman–Crippen MR) is 65.5 cm³/mol. The van der Waals surface area contributed by atoms with Crippen LogP contribution in [-0.2, 0) is 9.63 Å². The number of thiazole rings is 1. The Hall–Kier alpha value is -0.900. The minimum Gasteiger partial charge on any atom is -0.476 e. The van der Waals surface area contributed by atoms with Gasteiger partial charge in [-0.05, 0) is 0 Å². The van der Waals surface area contributed by atoms with Crippen molar-refractivity contribution in [3.05, 3.63) is 11.1 Å². The highest BCUT2D eigenvalue weighted by Gasteiger charge is 2.16. The quantitative estimate of drug-likeness (QED) is 0.273. The highest BCUT2D eigenvalue weighted by atomic mass is 127. The third-order valence-corrected chi connectivity index (χ3v) is 2.41. The second kappa shape index (κ2) is 5.85. The van der Waals surface area contributed by atoms with Gasteiger partial charge < -0.3 is 15.7 Å². The van der Waals surface area contributed by atoms with Crippen LogP contribution in [0.4, 0.5) is 5.13 Å². The van der Waals surface area contributed by atoms with Gasteiger partial charge in [0.1, 0.15) is 12.3 Å². The fourth-order valence-electron chi connectivity index (χ4n) is 0.736. The summed E-state index contributed by atoms with van der Waals surface area (Å²) in [5.74, 6) is -1.19. The van der Waals surface area contributed by atoms with Crippen molar-refractivity contribution in [2.45, 2.75) is 0 Å². The molecular formula is C7H8IN3O3S. The van der Waals surface area contributed by atoms with Crippen LogP contribution < -0.4 is 5.73 Å². The molecule has 0 unspecified atom stereocenters. The van der Waals surface area contributed by atoms with Gasteiger partial charge >= 0.3 is 5.97 Å². The largest absolute Gasteiger partial charge is 0.476 e. The van der Waals surface area contributed by atoms with Crippen molar-refractivity contribution in [3.63, 3.8) is 0 Å². The molecule has 0 amide bonds. The van der Waals surface area contributed by atoms with Gasteiger partial charge in [-0.15, -0.1) is 11.3 Å². The maximum absolute atomic E-state index is 10.8. The Morgan fingerprint density at radius 2 is 2.53 bits per heavy atom. The molecule has 6 nitrogen and oxygen atoms in total. The van der Waals surface area contributed by atoms with Crippen LogP contribution in [0.5, 0.6) is 0 Å². The third kappa shape index (κ3) is 3.63. The van der Waals surface area contributed by atoms with E-state index in [4.69, 9.17) is 15.7 Å². The number of nitrogens with zero attached hydrogens (tertiary/aromatic N) is 2. The Balaban J connectivity index is 2.83. The van der Waals surface area contributed by atoms with Crippen LogP contribution in [0.3, 0.4) is 0 Å². The van der Waals surface area contributed by atoms with E-state index in [1.54, 1.807) is 0 Å². The maximum atomic E-state index is 10.8.